The van der Waals surface area contributed by atoms with E-state index >= 15 is 0 Å². The van der Waals surface area contributed by atoms with Crippen LogP contribution in [0, 0.1) is 0 Å². The van der Waals surface area contributed by atoms with Gasteiger partial charge in [-0.2, -0.15) is 9.40 Å². The molecule has 1 amide bonds. The van der Waals surface area contributed by atoms with Crippen molar-refractivity contribution >= 4 is 32.4 Å². The molecule has 1 aliphatic heterocycles. The standard InChI is InChI=1S/C24H28N4O5S/c1-3-28-24(30)19-11-7-6-10-18(19)22(26-28)23(29)25-20-16-17(12-13-21(20)33-4-2)34(31,32)27-14-8-5-9-15-27/h6-7,10-13,16H,3-5,8-9,14-15H2,1-2H3,(H,25,29). The topological polar surface area (TPSA) is 111 Å². The van der Waals surface area contributed by atoms with E-state index < -0.39 is 15.9 Å². The van der Waals surface area contributed by atoms with E-state index in [1.807, 2.05) is 0 Å². The van der Waals surface area contributed by atoms with Crippen LogP contribution < -0.4 is 15.6 Å². The molecule has 0 atom stereocenters. The summed E-state index contributed by atoms with van der Waals surface area (Å²) >= 11 is 0. The number of ether oxygens (including phenoxy) is 1. The van der Waals surface area contributed by atoms with Crippen LogP contribution in [0.15, 0.2) is 52.2 Å². The Balaban J connectivity index is 1.75. The van der Waals surface area contributed by atoms with Crippen molar-refractivity contribution in [2.45, 2.75) is 44.6 Å². The van der Waals surface area contributed by atoms with Crippen LogP contribution >= 0.6 is 0 Å². The number of amides is 1. The maximum absolute atomic E-state index is 13.3. The third-order valence-corrected chi connectivity index (χ3v) is 7.73. The highest BCUT2D eigenvalue weighted by Crippen LogP contribution is 2.31. The number of nitrogens with one attached hydrogen (secondary N) is 1. The van der Waals surface area contributed by atoms with Gasteiger partial charge in [0.1, 0.15) is 5.75 Å². The molecule has 2 heterocycles. The number of sulfonamides is 1. The fourth-order valence-corrected chi connectivity index (χ4v) is 5.65. The first-order valence-electron chi connectivity index (χ1n) is 11.4. The molecule has 0 unspecified atom stereocenters. The molecule has 1 aromatic heterocycles. The van der Waals surface area contributed by atoms with Crippen LogP contribution in [0.2, 0.25) is 0 Å². The highest BCUT2D eigenvalue weighted by Gasteiger charge is 2.27. The number of anilines is 1. The van der Waals surface area contributed by atoms with Gasteiger partial charge in [0.05, 0.1) is 22.6 Å². The third-order valence-electron chi connectivity index (χ3n) is 5.83. The largest absolute Gasteiger partial charge is 0.492 e. The van der Waals surface area contributed by atoms with Crippen molar-refractivity contribution in [3.8, 4) is 5.75 Å². The zero-order valence-electron chi connectivity index (χ0n) is 19.3. The van der Waals surface area contributed by atoms with E-state index in [1.165, 1.54) is 21.1 Å². The normalized spacial score (nSPS) is 14.8. The molecule has 0 saturated carbocycles. The average Bonchev–Trinajstić information content (AvgIpc) is 2.86. The van der Waals surface area contributed by atoms with Crippen molar-refractivity contribution in [2.24, 2.45) is 0 Å². The van der Waals surface area contributed by atoms with Crippen LogP contribution in [0.25, 0.3) is 10.8 Å². The zero-order chi connectivity index (χ0) is 24.3. The molecule has 3 aromatic rings. The van der Waals surface area contributed by atoms with Gasteiger partial charge in [0.25, 0.3) is 11.5 Å². The first-order valence-corrected chi connectivity index (χ1v) is 12.9. The van der Waals surface area contributed by atoms with E-state index in [2.05, 4.69) is 10.4 Å². The molecular formula is C24H28N4O5S. The Morgan fingerprint density at radius 2 is 1.76 bits per heavy atom. The first-order chi connectivity index (χ1) is 16.4. The van der Waals surface area contributed by atoms with Gasteiger partial charge in [-0.25, -0.2) is 13.1 Å². The van der Waals surface area contributed by atoms with E-state index in [4.69, 9.17) is 4.74 Å². The number of hydrogen-bond donors (Lipinski definition) is 1. The van der Waals surface area contributed by atoms with Crippen LogP contribution in [-0.4, -0.2) is 48.1 Å². The Morgan fingerprint density at radius 3 is 2.44 bits per heavy atom. The van der Waals surface area contributed by atoms with Crippen molar-refractivity contribution in [3.63, 3.8) is 0 Å². The SMILES string of the molecule is CCOc1ccc(S(=O)(=O)N2CCCCC2)cc1NC(=O)c1nn(CC)c(=O)c2ccccc12. The fourth-order valence-electron chi connectivity index (χ4n) is 4.10. The number of rotatable bonds is 7. The highest BCUT2D eigenvalue weighted by molar-refractivity contribution is 7.89. The van der Waals surface area contributed by atoms with Gasteiger partial charge < -0.3 is 10.1 Å². The van der Waals surface area contributed by atoms with Gasteiger partial charge in [-0.05, 0) is 51.0 Å². The van der Waals surface area contributed by atoms with Gasteiger partial charge in [0.15, 0.2) is 5.69 Å². The van der Waals surface area contributed by atoms with Gasteiger partial charge in [0, 0.05) is 25.0 Å². The van der Waals surface area contributed by atoms with E-state index in [0.717, 1.165) is 19.3 Å². The molecule has 1 N–H and O–H groups in total. The summed E-state index contributed by atoms with van der Waals surface area (Å²) in [6.07, 6.45) is 2.66. The zero-order valence-corrected chi connectivity index (χ0v) is 20.1. The number of aryl methyl sites for hydroxylation is 1. The fraction of sp³-hybridized carbons (Fsp3) is 0.375. The molecule has 0 spiro atoms. The summed E-state index contributed by atoms with van der Waals surface area (Å²) in [6, 6.07) is 11.2. The Bertz CT molecular complexity index is 1380. The van der Waals surface area contributed by atoms with Gasteiger partial charge in [-0.1, -0.05) is 24.6 Å². The van der Waals surface area contributed by atoms with Crippen LogP contribution in [0.3, 0.4) is 0 Å². The summed E-state index contributed by atoms with van der Waals surface area (Å²) in [7, 11) is -3.70. The van der Waals surface area contributed by atoms with Crippen LogP contribution in [0.5, 0.6) is 5.75 Å². The number of nitrogens with zero attached hydrogens (tertiary/aromatic N) is 3. The number of carbonyl (C=O) groups excluding carboxylic acids is 1. The van der Waals surface area contributed by atoms with E-state index in [1.54, 1.807) is 44.2 Å². The second-order valence-electron chi connectivity index (χ2n) is 8.02. The quantitative estimate of drug-likeness (QED) is 0.551. The predicted octanol–water partition coefficient (Wildman–Crippen LogP) is 3.24. The highest BCUT2D eigenvalue weighted by atomic mass is 32.2. The maximum Gasteiger partial charge on any atom is 0.276 e. The lowest BCUT2D eigenvalue weighted by atomic mass is 10.1. The number of benzene rings is 2. The van der Waals surface area contributed by atoms with Crippen LogP contribution in [-0.2, 0) is 16.6 Å². The number of piperidine rings is 1. The van der Waals surface area contributed by atoms with Crippen molar-refractivity contribution in [2.75, 3.05) is 25.0 Å². The van der Waals surface area contributed by atoms with Crippen molar-refractivity contribution in [1.82, 2.24) is 14.1 Å². The second-order valence-corrected chi connectivity index (χ2v) is 9.96. The molecule has 4 rings (SSSR count). The lowest BCUT2D eigenvalue weighted by Gasteiger charge is -2.26. The summed E-state index contributed by atoms with van der Waals surface area (Å²) in [6.45, 7) is 5.17. The molecule has 180 valence electrons. The number of fused-ring (bicyclic) bond motifs is 1. The van der Waals surface area contributed by atoms with E-state index in [0.29, 0.717) is 42.8 Å². The smallest absolute Gasteiger partial charge is 0.276 e. The summed E-state index contributed by atoms with van der Waals surface area (Å²) in [5.41, 5.74) is 0.0214. The van der Waals surface area contributed by atoms with Gasteiger partial charge in [0.2, 0.25) is 10.0 Å². The number of carbonyl (C=O) groups is 1. The number of hydrogen-bond acceptors (Lipinski definition) is 6. The van der Waals surface area contributed by atoms with Gasteiger partial charge >= 0.3 is 0 Å². The first kappa shape index (κ1) is 23.9. The summed E-state index contributed by atoms with van der Waals surface area (Å²) in [5.74, 6) is -0.214. The average molecular weight is 485 g/mol. The Morgan fingerprint density at radius 1 is 1.06 bits per heavy atom. The minimum absolute atomic E-state index is 0.0730. The molecule has 0 aliphatic carbocycles. The lowest BCUT2D eigenvalue weighted by molar-refractivity contribution is 0.102. The molecule has 10 heteroatoms. The maximum atomic E-state index is 13.3. The molecule has 0 radical (unpaired) electrons. The molecule has 0 bridgehead atoms. The van der Waals surface area contributed by atoms with E-state index in [9.17, 15) is 18.0 Å². The summed E-state index contributed by atoms with van der Waals surface area (Å²) < 4.78 is 34.7. The second kappa shape index (κ2) is 9.94. The molecule has 2 aromatic carbocycles. The Hall–Kier alpha value is -3.24. The lowest BCUT2D eigenvalue weighted by Crippen LogP contribution is -2.35. The van der Waals surface area contributed by atoms with E-state index in [-0.39, 0.29) is 21.8 Å². The predicted molar refractivity (Wildman–Crippen MR) is 130 cm³/mol. The third kappa shape index (κ3) is 4.55. The Kier molecular flexibility index (Phi) is 6.99. The number of aromatic nitrogens is 2. The minimum Gasteiger partial charge on any atom is -0.492 e. The summed E-state index contributed by atoms with van der Waals surface area (Å²) in [5, 5.41) is 7.83. The Labute approximate surface area is 198 Å². The van der Waals surface area contributed by atoms with Gasteiger partial charge in [-0.3, -0.25) is 9.59 Å². The van der Waals surface area contributed by atoms with Crippen molar-refractivity contribution in [1.29, 1.82) is 0 Å². The molecule has 34 heavy (non-hydrogen) atoms. The monoisotopic (exact) mass is 484 g/mol. The molecule has 1 fully saturated rings. The molecular weight excluding hydrogens is 456 g/mol. The van der Waals surface area contributed by atoms with Crippen molar-refractivity contribution in [3.05, 3.63) is 58.5 Å². The van der Waals surface area contributed by atoms with Crippen LogP contribution in [0.1, 0.15) is 43.6 Å². The van der Waals surface area contributed by atoms with Crippen LogP contribution in [0.4, 0.5) is 5.69 Å². The molecule has 1 saturated heterocycles. The molecule has 9 nitrogen and oxygen atoms in total. The summed E-state index contributed by atoms with van der Waals surface area (Å²) in [4.78, 5) is 26.0. The van der Waals surface area contributed by atoms with Gasteiger partial charge in [-0.15, -0.1) is 0 Å². The molecule has 1 aliphatic rings. The van der Waals surface area contributed by atoms with Crippen molar-refractivity contribution < 1.29 is 17.9 Å². The minimum atomic E-state index is -3.70.